The molecule has 1 N–H and O–H groups in total. The van der Waals surface area contributed by atoms with E-state index in [4.69, 9.17) is 0 Å². The Kier molecular flexibility index (Phi) is 13.5. The lowest BCUT2D eigenvalue weighted by atomic mass is 10.1. The van der Waals surface area contributed by atoms with Gasteiger partial charge >= 0.3 is 0 Å². The second kappa shape index (κ2) is 13.6. The summed E-state index contributed by atoms with van der Waals surface area (Å²) in [6.07, 6.45) is 12.9. The summed E-state index contributed by atoms with van der Waals surface area (Å²) >= 11 is 0. The van der Waals surface area contributed by atoms with Crippen LogP contribution >= 0.6 is 0 Å². The fourth-order valence-corrected chi connectivity index (χ4v) is 3.28. The zero-order valence-electron chi connectivity index (χ0n) is 15.8. The van der Waals surface area contributed by atoms with E-state index in [2.05, 4.69) is 51.8 Å². The Morgan fingerprint density at radius 2 is 1.24 bits per heavy atom. The molecule has 1 atom stereocenters. The maximum absolute atomic E-state index is 3.77. The number of nitrogens with zero attached hydrogens (tertiary/aromatic N) is 1. The number of hydrogen-bond donors (Lipinski definition) is 1. The van der Waals surface area contributed by atoms with E-state index in [-0.39, 0.29) is 0 Å². The minimum atomic E-state index is 0.556. The molecule has 2 heteroatoms. The minimum Gasteiger partial charge on any atom is -0.302 e. The molecule has 0 rings (SSSR count). The Hall–Kier alpha value is -0.0800. The molecule has 1 unspecified atom stereocenters. The zero-order chi connectivity index (χ0) is 16.1. The predicted molar refractivity (Wildman–Crippen MR) is 96.8 cm³/mol. The van der Waals surface area contributed by atoms with Crippen LogP contribution in [0.5, 0.6) is 0 Å². The van der Waals surface area contributed by atoms with E-state index in [0.717, 1.165) is 6.54 Å². The second-order valence-electron chi connectivity index (χ2n) is 7.01. The van der Waals surface area contributed by atoms with Crippen molar-refractivity contribution in [2.45, 2.75) is 118 Å². The standard InChI is InChI=1S/C19H42N2/c1-7-9-10-11-12-13-14-15-19(20-16-8-2)21(17(3)4)18(5)6/h17-20H,7-16H2,1-6H3. The van der Waals surface area contributed by atoms with Crippen LogP contribution < -0.4 is 5.32 Å². The topological polar surface area (TPSA) is 15.3 Å². The Labute approximate surface area is 135 Å². The van der Waals surface area contributed by atoms with E-state index in [1.807, 2.05) is 0 Å². The van der Waals surface area contributed by atoms with Gasteiger partial charge in [0.25, 0.3) is 0 Å². The highest BCUT2D eigenvalue weighted by molar-refractivity contribution is 4.76. The molecule has 0 aromatic carbocycles. The lowest BCUT2D eigenvalue weighted by molar-refractivity contribution is 0.0821. The van der Waals surface area contributed by atoms with E-state index in [1.54, 1.807) is 0 Å². The normalized spacial score (nSPS) is 13.6. The molecule has 0 aliphatic heterocycles. The van der Waals surface area contributed by atoms with Crippen molar-refractivity contribution in [2.24, 2.45) is 0 Å². The Balaban J connectivity index is 4.11. The Bertz CT molecular complexity index is 206. The summed E-state index contributed by atoms with van der Waals surface area (Å²) in [4.78, 5) is 2.65. The van der Waals surface area contributed by atoms with E-state index in [1.165, 1.54) is 57.8 Å². The lowest BCUT2D eigenvalue weighted by Gasteiger charge is -2.39. The molecule has 0 aliphatic carbocycles. The van der Waals surface area contributed by atoms with Crippen LogP contribution in [0.4, 0.5) is 0 Å². The summed E-state index contributed by atoms with van der Waals surface area (Å²) < 4.78 is 0. The van der Waals surface area contributed by atoms with E-state index < -0.39 is 0 Å². The highest BCUT2D eigenvalue weighted by Gasteiger charge is 2.22. The van der Waals surface area contributed by atoms with Gasteiger partial charge in [0, 0.05) is 12.1 Å². The molecule has 0 bridgehead atoms. The van der Waals surface area contributed by atoms with E-state index in [0.29, 0.717) is 18.2 Å². The maximum Gasteiger partial charge on any atom is 0.0601 e. The molecule has 2 nitrogen and oxygen atoms in total. The molecule has 0 saturated heterocycles. The van der Waals surface area contributed by atoms with Gasteiger partial charge in [0.15, 0.2) is 0 Å². The van der Waals surface area contributed by atoms with E-state index in [9.17, 15) is 0 Å². The predicted octanol–water partition coefficient (Wildman–Crippen LogP) is 5.57. The Morgan fingerprint density at radius 1 is 0.714 bits per heavy atom. The van der Waals surface area contributed by atoms with E-state index >= 15 is 0 Å². The Morgan fingerprint density at radius 3 is 1.71 bits per heavy atom. The van der Waals surface area contributed by atoms with Gasteiger partial charge in [-0.2, -0.15) is 0 Å². The molecule has 0 aromatic rings. The van der Waals surface area contributed by atoms with Gasteiger partial charge < -0.3 is 5.32 Å². The fraction of sp³-hybridized carbons (Fsp3) is 1.00. The second-order valence-corrected chi connectivity index (χ2v) is 7.01. The van der Waals surface area contributed by atoms with Crippen LogP contribution in [-0.4, -0.2) is 29.7 Å². The third-order valence-corrected chi connectivity index (χ3v) is 4.26. The van der Waals surface area contributed by atoms with Crippen LogP contribution in [0.15, 0.2) is 0 Å². The van der Waals surface area contributed by atoms with Crippen LogP contribution in [-0.2, 0) is 0 Å². The first-order valence-corrected chi connectivity index (χ1v) is 9.55. The zero-order valence-corrected chi connectivity index (χ0v) is 15.8. The summed E-state index contributed by atoms with van der Waals surface area (Å²) in [7, 11) is 0. The summed E-state index contributed by atoms with van der Waals surface area (Å²) in [5, 5.41) is 3.77. The molecule has 0 amide bonds. The van der Waals surface area contributed by atoms with Crippen molar-refractivity contribution >= 4 is 0 Å². The molecule has 0 aromatic heterocycles. The van der Waals surface area contributed by atoms with Crippen molar-refractivity contribution in [2.75, 3.05) is 6.54 Å². The SMILES string of the molecule is CCCCCCCCCC(NCCC)N(C(C)C)C(C)C. The van der Waals surface area contributed by atoms with Crippen LogP contribution in [0.1, 0.15) is 99.3 Å². The van der Waals surface area contributed by atoms with Crippen molar-refractivity contribution in [1.82, 2.24) is 10.2 Å². The average Bonchev–Trinajstić information content (AvgIpc) is 2.42. The molecule has 0 saturated carbocycles. The smallest absolute Gasteiger partial charge is 0.0601 e. The fourth-order valence-electron chi connectivity index (χ4n) is 3.28. The third kappa shape index (κ3) is 10.3. The molecule has 21 heavy (non-hydrogen) atoms. The molecular formula is C19H42N2. The molecular weight excluding hydrogens is 256 g/mol. The maximum atomic E-state index is 3.77. The highest BCUT2D eigenvalue weighted by atomic mass is 15.3. The molecule has 0 fully saturated rings. The lowest BCUT2D eigenvalue weighted by Crippen LogP contribution is -2.52. The van der Waals surface area contributed by atoms with Gasteiger partial charge in [-0.3, -0.25) is 4.90 Å². The van der Waals surface area contributed by atoms with Crippen LogP contribution in [0.25, 0.3) is 0 Å². The summed E-state index contributed by atoms with van der Waals surface area (Å²) in [6.45, 7) is 15.0. The first kappa shape index (κ1) is 20.9. The van der Waals surface area contributed by atoms with Gasteiger partial charge in [-0.25, -0.2) is 0 Å². The first-order chi connectivity index (χ1) is 10.0. The molecule has 0 heterocycles. The molecule has 0 spiro atoms. The number of nitrogens with one attached hydrogen (secondary N) is 1. The molecule has 0 aliphatic rings. The monoisotopic (exact) mass is 298 g/mol. The summed E-state index contributed by atoms with van der Waals surface area (Å²) in [5.74, 6) is 0. The minimum absolute atomic E-state index is 0.556. The van der Waals surface area contributed by atoms with Gasteiger partial charge in [-0.05, 0) is 47.1 Å². The first-order valence-electron chi connectivity index (χ1n) is 9.55. The summed E-state index contributed by atoms with van der Waals surface area (Å²) in [5.41, 5.74) is 0. The van der Waals surface area contributed by atoms with Gasteiger partial charge in [-0.15, -0.1) is 0 Å². The molecule has 128 valence electrons. The van der Waals surface area contributed by atoms with Crippen LogP contribution in [0.3, 0.4) is 0 Å². The van der Waals surface area contributed by atoms with Crippen LogP contribution in [0.2, 0.25) is 0 Å². The average molecular weight is 299 g/mol. The summed E-state index contributed by atoms with van der Waals surface area (Å²) in [6, 6.07) is 1.23. The number of rotatable bonds is 14. The van der Waals surface area contributed by atoms with Crippen molar-refractivity contribution in [3.63, 3.8) is 0 Å². The third-order valence-electron chi connectivity index (χ3n) is 4.26. The van der Waals surface area contributed by atoms with Gasteiger partial charge in [0.05, 0.1) is 6.17 Å². The number of unbranched alkanes of at least 4 members (excludes halogenated alkanes) is 6. The number of hydrogen-bond acceptors (Lipinski definition) is 2. The van der Waals surface area contributed by atoms with Crippen molar-refractivity contribution < 1.29 is 0 Å². The van der Waals surface area contributed by atoms with Gasteiger partial charge in [-0.1, -0.05) is 58.8 Å². The quantitative estimate of drug-likeness (QED) is 0.333. The molecule has 0 radical (unpaired) electrons. The highest BCUT2D eigenvalue weighted by Crippen LogP contribution is 2.16. The van der Waals surface area contributed by atoms with Crippen molar-refractivity contribution in [1.29, 1.82) is 0 Å². The van der Waals surface area contributed by atoms with Crippen LogP contribution in [0, 0.1) is 0 Å². The van der Waals surface area contributed by atoms with Crippen molar-refractivity contribution in [3.05, 3.63) is 0 Å². The van der Waals surface area contributed by atoms with Gasteiger partial charge in [0.2, 0.25) is 0 Å². The van der Waals surface area contributed by atoms with Crippen molar-refractivity contribution in [3.8, 4) is 0 Å². The van der Waals surface area contributed by atoms with Gasteiger partial charge in [0.1, 0.15) is 0 Å². The largest absolute Gasteiger partial charge is 0.302 e.